The average Bonchev–Trinajstić information content (AvgIpc) is 3.04. The number of carbonyl (C=O) groups is 2. The molecule has 0 unspecified atom stereocenters. The first-order chi connectivity index (χ1) is 15.0. The van der Waals surface area contributed by atoms with Gasteiger partial charge in [-0.05, 0) is 60.2 Å². The average molecular weight is 428 g/mol. The molecule has 3 nitrogen and oxygen atoms in total. The van der Waals surface area contributed by atoms with Gasteiger partial charge < -0.3 is 0 Å². The van der Waals surface area contributed by atoms with Crippen LogP contribution in [0.3, 0.4) is 0 Å². The minimum absolute atomic E-state index is 0.247. The molecule has 31 heavy (non-hydrogen) atoms. The summed E-state index contributed by atoms with van der Waals surface area (Å²) in [6.07, 6.45) is 0.909. The molecule has 3 aromatic rings. The van der Waals surface area contributed by atoms with E-state index >= 15 is 0 Å². The fourth-order valence-electron chi connectivity index (χ4n) is 3.64. The van der Waals surface area contributed by atoms with E-state index in [1.54, 1.807) is 0 Å². The van der Waals surface area contributed by atoms with Crippen molar-refractivity contribution in [2.75, 3.05) is 4.90 Å². The van der Waals surface area contributed by atoms with Gasteiger partial charge in [-0.2, -0.15) is 0 Å². The van der Waals surface area contributed by atoms with Gasteiger partial charge in [0.1, 0.15) is 0 Å². The van der Waals surface area contributed by atoms with E-state index in [9.17, 15) is 9.59 Å². The van der Waals surface area contributed by atoms with E-state index in [2.05, 4.69) is 6.92 Å². The Morgan fingerprint density at radius 3 is 2.13 bits per heavy atom. The van der Waals surface area contributed by atoms with E-state index in [0.29, 0.717) is 21.9 Å². The fraction of sp³-hybridized carbons (Fsp3) is 0.185. The summed E-state index contributed by atoms with van der Waals surface area (Å²) >= 11 is 1.44. The topological polar surface area (TPSA) is 37.4 Å². The third-order valence-corrected chi connectivity index (χ3v) is 6.81. The van der Waals surface area contributed by atoms with E-state index in [0.717, 1.165) is 28.7 Å². The Bertz CT molecular complexity index is 1160. The van der Waals surface area contributed by atoms with E-state index in [-0.39, 0.29) is 11.8 Å². The molecule has 4 heteroatoms. The lowest BCUT2D eigenvalue weighted by Gasteiger charge is -2.16. The van der Waals surface area contributed by atoms with Crippen molar-refractivity contribution in [3.8, 4) is 0 Å². The Labute approximate surface area is 187 Å². The molecule has 1 heterocycles. The maximum atomic E-state index is 13.5. The van der Waals surface area contributed by atoms with E-state index < -0.39 is 0 Å². The number of nitrogens with zero attached hydrogens (tertiary/aromatic N) is 1. The Morgan fingerprint density at radius 1 is 0.774 bits per heavy atom. The van der Waals surface area contributed by atoms with Crippen molar-refractivity contribution in [3.05, 3.63) is 106 Å². The quantitative estimate of drug-likeness (QED) is 0.447. The lowest BCUT2D eigenvalue weighted by atomic mass is 10.0. The Morgan fingerprint density at radius 2 is 1.48 bits per heavy atom. The molecule has 0 aromatic heterocycles. The van der Waals surface area contributed by atoms with E-state index in [1.165, 1.54) is 22.2 Å². The molecule has 0 bridgehead atoms. The van der Waals surface area contributed by atoms with Crippen LogP contribution in [0.15, 0.2) is 77.7 Å². The minimum atomic E-state index is -0.256. The minimum Gasteiger partial charge on any atom is -0.268 e. The number of amides is 2. The van der Waals surface area contributed by atoms with Gasteiger partial charge >= 0.3 is 0 Å². The van der Waals surface area contributed by atoms with Gasteiger partial charge in [-0.3, -0.25) is 9.59 Å². The van der Waals surface area contributed by atoms with Crippen molar-refractivity contribution in [2.24, 2.45) is 0 Å². The van der Waals surface area contributed by atoms with Gasteiger partial charge in [0.2, 0.25) is 0 Å². The number of rotatable bonds is 6. The highest BCUT2D eigenvalue weighted by atomic mass is 32.2. The second-order valence-electron chi connectivity index (χ2n) is 7.74. The number of carbonyl (C=O) groups excluding carboxylic acids is 2. The zero-order chi connectivity index (χ0) is 22.0. The molecule has 0 saturated heterocycles. The van der Waals surface area contributed by atoms with Crippen LogP contribution in [0, 0.1) is 13.8 Å². The molecule has 0 fully saturated rings. The summed E-state index contributed by atoms with van der Waals surface area (Å²) in [7, 11) is 0. The number of thioether (sulfide) groups is 1. The van der Waals surface area contributed by atoms with Crippen molar-refractivity contribution in [2.45, 2.75) is 32.9 Å². The zero-order valence-corrected chi connectivity index (χ0v) is 18.8. The molecule has 0 spiro atoms. The van der Waals surface area contributed by atoms with Crippen LogP contribution < -0.4 is 4.90 Å². The second kappa shape index (κ2) is 8.94. The summed E-state index contributed by atoms with van der Waals surface area (Å²) in [5.74, 6) is 0.128. The first-order valence-electron chi connectivity index (χ1n) is 10.5. The van der Waals surface area contributed by atoms with Crippen molar-refractivity contribution >= 4 is 34.8 Å². The second-order valence-corrected chi connectivity index (χ2v) is 8.73. The van der Waals surface area contributed by atoms with Gasteiger partial charge in [0.15, 0.2) is 0 Å². The summed E-state index contributed by atoms with van der Waals surface area (Å²) in [5.41, 5.74) is 6.45. The fourth-order valence-corrected chi connectivity index (χ4v) is 4.71. The molecule has 3 aromatic carbocycles. The molecular weight excluding hydrogens is 402 g/mol. The molecule has 156 valence electrons. The number of hydrogen-bond donors (Lipinski definition) is 0. The Balaban J connectivity index is 1.75. The summed E-state index contributed by atoms with van der Waals surface area (Å²) in [4.78, 5) is 28.8. The molecule has 0 saturated carbocycles. The molecule has 1 aliphatic rings. The standard InChI is InChI=1S/C27H25NO2S/c1-4-20-11-14-23(15-12-20)28-26(29)24(22-13-10-18(2)19(3)16-22)25(27(28)30)31-17-21-8-6-5-7-9-21/h5-16H,4,17H2,1-3H3. The molecule has 1 aliphatic heterocycles. The summed E-state index contributed by atoms with van der Waals surface area (Å²) < 4.78 is 0. The van der Waals surface area contributed by atoms with Gasteiger partial charge in [-0.25, -0.2) is 4.90 Å². The zero-order valence-electron chi connectivity index (χ0n) is 18.0. The number of imide groups is 1. The lowest BCUT2D eigenvalue weighted by Crippen LogP contribution is -2.31. The highest BCUT2D eigenvalue weighted by Gasteiger charge is 2.40. The van der Waals surface area contributed by atoms with Crippen LogP contribution in [0.2, 0.25) is 0 Å². The number of benzene rings is 3. The van der Waals surface area contributed by atoms with E-state index in [1.807, 2.05) is 86.6 Å². The number of aryl methyl sites for hydroxylation is 3. The highest BCUT2D eigenvalue weighted by molar-refractivity contribution is 8.03. The largest absolute Gasteiger partial charge is 0.272 e. The lowest BCUT2D eigenvalue weighted by molar-refractivity contribution is -0.119. The van der Waals surface area contributed by atoms with Gasteiger partial charge in [-0.1, -0.05) is 67.6 Å². The van der Waals surface area contributed by atoms with Crippen molar-refractivity contribution in [3.63, 3.8) is 0 Å². The van der Waals surface area contributed by atoms with Gasteiger partial charge in [0.25, 0.3) is 11.8 Å². The first-order valence-corrected chi connectivity index (χ1v) is 11.4. The molecular formula is C27H25NO2S. The van der Waals surface area contributed by atoms with Crippen LogP contribution >= 0.6 is 11.8 Å². The van der Waals surface area contributed by atoms with E-state index in [4.69, 9.17) is 0 Å². The Hall–Kier alpha value is -3.11. The van der Waals surface area contributed by atoms with Crippen LogP contribution in [0.25, 0.3) is 5.57 Å². The predicted octanol–water partition coefficient (Wildman–Crippen LogP) is 6.08. The predicted molar refractivity (Wildman–Crippen MR) is 129 cm³/mol. The van der Waals surface area contributed by atoms with Crippen LogP contribution in [0.1, 0.15) is 34.7 Å². The Kier molecular flexibility index (Phi) is 6.10. The van der Waals surface area contributed by atoms with Crippen molar-refractivity contribution in [1.29, 1.82) is 0 Å². The highest BCUT2D eigenvalue weighted by Crippen LogP contribution is 2.40. The van der Waals surface area contributed by atoms with Crippen molar-refractivity contribution in [1.82, 2.24) is 0 Å². The third kappa shape index (κ3) is 4.21. The summed E-state index contributed by atoms with van der Waals surface area (Å²) in [6, 6.07) is 23.6. The molecule has 0 N–H and O–H groups in total. The molecule has 2 amide bonds. The molecule has 0 radical (unpaired) electrons. The van der Waals surface area contributed by atoms with Crippen LogP contribution in [-0.2, 0) is 21.8 Å². The van der Waals surface area contributed by atoms with Gasteiger partial charge in [0.05, 0.1) is 16.2 Å². The summed E-state index contributed by atoms with van der Waals surface area (Å²) in [5, 5.41) is 0. The monoisotopic (exact) mass is 427 g/mol. The van der Waals surface area contributed by atoms with Crippen LogP contribution in [-0.4, -0.2) is 11.8 Å². The maximum absolute atomic E-state index is 13.5. The molecule has 0 aliphatic carbocycles. The van der Waals surface area contributed by atoms with Crippen LogP contribution in [0.5, 0.6) is 0 Å². The third-order valence-electron chi connectivity index (χ3n) is 5.67. The van der Waals surface area contributed by atoms with Gasteiger partial charge in [-0.15, -0.1) is 11.8 Å². The SMILES string of the molecule is CCc1ccc(N2C(=O)C(SCc3ccccc3)=C(c3ccc(C)c(C)c3)C2=O)cc1. The number of hydrogen-bond acceptors (Lipinski definition) is 3. The van der Waals surface area contributed by atoms with Crippen molar-refractivity contribution < 1.29 is 9.59 Å². The molecule has 0 atom stereocenters. The first kappa shape index (κ1) is 21.1. The summed E-state index contributed by atoms with van der Waals surface area (Å²) in [6.45, 7) is 6.15. The number of anilines is 1. The smallest absolute Gasteiger partial charge is 0.268 e. The molecule has 4 rings (SSSR count). The maximum Gasteiger partial charge on any atom is 0.272 e. The van der Waals surface area contributed by atoms with Crippen LogP contribution in [0.4, 0.5) is 5.69 Å². The normalized spacial score (nSPS) is 14.0. The van der Waals surface area contributed by atoms with Gasteiger partial charge in [0, 0.05) is 5.75 Å².